The van der Waals surface area contributed by atoms with Crippen molar-refractivity contribution < 1.29 is 19.1 Å². The van der Waals surface area contributed by atoms with Gasteiger partial charge in [-0.3, -0.25) is 9.59 Å². The Bertz CT molecular complexity index is 844. The number of Topliss-reactive ketones (excluding diaryl/α,β-unsaturated/α-hetero) is 1. The van der Waals surface area contributed by atoms with Crippen molar-refractivity contribution in [2.24, 2.45) is 0 Å². The molecule has 0 radical (unpaired) electrons. The van der Waals surface area contributed by atoms with Crippen molar-refractivity contribution >= 4 is 17.4 Å². The fraction of sp³-hybridized carbons (Fsp3) is 0.333. The molecule has 0 fully saturated rings. The summed E-state index contributed by atoms with van der Waals surface area (Å²) in [7, 11) is 0. The lowest BCUT2D eigenvalue weighted by atomic mass is 9.97. The molecule has 0 aromatic heterocycles. The number of rotatable bonds is 6. The predicted octanol–water partition coefficient (Wildman–Crippen LogP) is 4.10. The number of anilines is 1. The van der Waals surface area contributed by atoms with Crippen LogP contribution in [0, 0.1) is 6.92 Å². The number of hydrogen-bond acceptors (Lipinski definition) is 4. The van der Waals surface area contributed by atoms with E-state index in [1.54, 1.807) is 18.2 Å². The van der Waals surface area contributed by atoms with Gasteiger partial charge in [0.1, 0.15) is 11.5 Å². The second kappa shape index (κ2) is 7.60. The first-order valence-electron chi connectivity index (χ1n) is 8.82. The lowest BCUT2D eigenvalue weighted by molar-refractivity contribution is -0.118. The number of aryl methyl sites for hydroxylation is 1. The van der Waals surface area contributed by atoms with Crippen molar-refractivity contribution in [2.75, 3.05) is 18.5 Å². The summed E-state index contributed by atoms with van der Waals surface area (Å²) in [5.41, 5.74) is 3.34. The predicted molar refractivity (Wildman–Crippen MR) is 100 cm³/mol. The molecular formula is C21H23NO4. The molecule has 2 aromatic rings. The third-order valence-electron chi connectivity index (χ3n) is 4.51. The highest BCUT2D eigenvalue weighted by atomic mass is 16.5. The number of hydrogen-bond donors (Lipinski definition) is 1. The summed E-state index contributed by atoms with van der Waals surface area (Å²) in [6.45, 7) is 6.27. The van der Waals surface area contributed by atoms with Crippen LogP contribution < -0.4 is 14.8 Å². The van der Waals surface area contributed by atoms with Gasteiger partial charge < -0.3 is 14.8 Å². The Kier molecular flexibility index (Phi) is 5.26. The summed E-state index contributed by atoms with van der Waals surface area (Å²) in [5, 5.41) is 2.79. The molecule has 0 bridgehead atoms. The Labute approximate surface area is 153 Å². The van der Waals surface area contributed by atoms with Gasteiger partial charge in [0.2, 0.25) is 0 Å². The lowest BCUT2D eigenvalue weighted by Crippen LogP contribution is -2.21. The van der Waals surface area contributed by atoms with Gasteiger partial charge in [0.15, 0.2) is 12.4 Å². The normalized spacial score (nSPS) is 15.5. The standard InChI is InChI=1S/C21H23NO4/c1-4-25-17-8-6-5-7-15(17)22-19(24)12-26-18-10-9-13(2)20-14(3)11-16(23)21(18)20/h5-10,14H,4,11-12H2,1-3H3,(H,22,24). The zero-order valence-electron chi connectivity index (χ0n) is 15.3. The average Bonchev–Trinajstić information content (AvgIpc) is 2.92. The largest absolute Gasteiger partial charge is 0.492 e. The van der Waals surface area contributed by atoms with Crippen molar-refractivity contribution in [1.29, 1.82) is 0 Å². The highest BCUT2D eigenvalue weighted by molar-refractivity contribution is 6.04. The minimum absolute atomic E-state index is 0.0771. The molecule has 26 heavy (non-hydrogen) atoms. The van der Waals surface area contributed by atoms with Gasteiger partial charge in [0.25, 0.3) is 5.91 Å². The lowest BCUT2D eigenvalue weighted by Gasteiger charge is -2.14. The van der Waals surface area contributed by atoms with Gasteiger partial charge >= 0.3 is 0 Å². The van der Waals surface area contributed by atoms with E-state index in [0.717, 1.165) is 11.1 Å². The molecular weight excluding hydrogens is 330 g/mol. The first kappa shape index (κ1) is 18.0. The molecule has 0 saturated carbocycles. The second-order valence-corrected chi connectivity index (χ2v) is 6.46. The number of fused-ring (bicyclic) bond motifs is 1. The quantitative estimate of drug-likeness (QED) is 0.849. The molecule has 1 aliphatic carbocycles. The van der Waals surface area contributed by atoms with Crippen molar-refractivity contribution in [3.63, 3.8) is 0 Å². The van der Waals surface area contributed by atoms with Crippen LogP contribution in [0.1, 0.15) is 47.7 Å². The maximum Gasteiger partial charge on any atom is 0.262 e. The third kappa shape index (κ3) is 3.57. The molecule has 1 atom stereocenters. The monoisotopic (exact) mass is 353 g/mol. The molecule has 1 amide bonds. The zero-order chi connectivity index (χ0) is 18.7. The first-order valence-corrected chi connectivity index (χ1v) is 8.82. The van der Waals surface area contributed by atoms with Crippen LogP contribution in [-0.4, -0.2) is 24.9 Å². The van der Waals surface area contributed by atoms with Crippen molar-refractivity contribution in [2.45, 2.75) is 33.1 Å². The van der Waals surface area contributed by atoms with Gasteiger partial charge in [0.05, 0.1) is 17.9 Å². The summed E-state index contributed by atoms with van der Waals surface area (Å²) in [6, 6.07) is 11.0. The minimum atomic E-state index is -0.301. The summed E-state index contributed by atoms with van der Waals surface area (Å²) < 4.78 is 11.2. The summed E-state index contributed by atoms with van der Waals surface area (Å²) >= 11 is 0. The zero-order valence-corrected chi connectivity index (χ0v) is 15.3. The van der Waals surface area contributed by atoms with E-state index in [0.29, 0.717) is 35.8 Å². The Morgan fingerprint density at radius 2 is 1.92 bits per heavy atom. The van der Waals surface area contributed by atoms with Crippen LogP contribution in [0.2, 0.25) is 0 Å². The molecule has 3 rings (SSSR count). The maximum absolute atomic E-state index is 12.3. The number of para-hydroxylation sites is 2. The number of benzene rings is 2. The fourth-order valence-electron chi connectivity index (χ4n) is 3.41. The van der Waals surface area contributed by atoms with Gasteiger partial charge in [0, 0.05) is 6.42 Å². The third-order valence-corrected chi connectivity index (χ3v) is 4.51. The Balaban J connectivity index is 1.71. The molecule has 136 valence electrons. The minimum Gasteiger partial charge on any atom is -0.492 e. The van der Waals surface area contributed by atoms with Crippen LogP contribution in [0.3, 0.4) is 0 Å². The Morgan fingerprint density at radius 1 is 1.15 bits per heavy atom. The number of carbonyl (C=O) groups excluding carboxylic acids is 2. The smallest absolute Gasteiger partial charge is 0.262 e. The highest BCUT2D eigenvalue weighted by Crippen LogP contribution is 2.40. The van der Waals surface area contributed by atoms with Crippen LogP contribution in [0.15, 0.2) is 36.4 Å². The van der Waals surface area contributed by atoms with Gasteiger partial charge in [-0.25, -0.2) is 0 Å². The molecule has 0 aliphatic heterocycles. The SMILES string of the molecule is CCOc1ccccc1NC(=O)COc1ccc(C)c2c1C(=O)CC2C. The van der Waals surface area contributed by atoms with E-state index < -0.39 is 0 Å². The van der Waals surface area contributed by atoms with E-state index >= 15 is 0 Å². The Hall–Kier alpha value is -2.82. The van der Waals surface area contributed by atoms with Crippen molar-refractivity contribution in [3.05, 3.63) is 53.1 Å². The van der Waals surface area contributed by atoms with E-state index in [1.165, 1.54) is 0 Å². The number of carbonyl (C=O) groups is 2. The van der Waals surface area contributed by atoms with E-state index in [-0.39, 0.29) is 24.2 Å². The summed E-state index contributed by atoms with van der Waals surface area (Å²) in [6.07, 6.45) is 0.491. The topological polar surface area (TPSA) is 64.6 Å². The van der Waals surface area contributed by atoms with Crippen LogP contribution >= 0.6 is 0 Å². The second-order valence-electron chi connectivity index (χ2n) is 6.46. The molecule has 1 aliphatic rings. The highest BCUT2D eigenvalue weighted by Gasteiger charge is 2.31. The molecule has 1 unspecified atom stereocenters. The van der Waals surface area contributed by atoms with Crippen LogP contribution in [-0.2, 0) is 4.79 Å². The molecule has 0 saturated heterocycles. The van der Waals surface area contributed by atoms with Gasteiger partial charge in [-0.15, -0.1) is 0 Å². The van der Waals surface area contributed by atoms with Gasteiger partial charge in [-0.2, -0.15) is 0 Å². The van der Waals surface area contributed by atoms with E-state index in [9.17, 15) is 9.59 Å². The van der Waals surface area contributed by atoms with Crippen LogP contribution in [0.4, 0.5) is 5.69 Å². The number of nitrogens with one attached hydrogen (secondary N) is 1. The maximum atomic E-state index is 12.3. The van der Waals surface area contributed by atoms with E-state index in [4.69, 9.17) is 9.47 Å². The molecule has 5 nitrogen and oxygen atoms in total. The van der Waals surface area contributed by atoms with Crippen molar-refractivity contribution in [3.8, 4) is 11.5 Å². The van der Waals surface area contributed by atoms with Gasteiger partial charge in [-0.05, 0) is 49.1 Å². The molecule has 5 heteroatoms. The fourth-order valence-corrected chi connectivity index (χ4v) is 3.41. The molecule has 0 heterocycles. The van der Waals surface area contributed by atoms with Crippen LogP contribution in [0.25, 0.3) is 0 Å². The molecule has 2 aromatic carbocycles. The number of ketones is 1. The average molecular weight is 353 g/mol. The first-order chi connectivity index (χ1) is 12.5. The van der Waals surface area contributed by atoms with E-state index in [1.807, 2.05) is 39.0 Å². The van der Waals surface area contributed by atoms with Crippen molar-refractivity contribution in [1.82, 2.24) is 0 Å². The summed E-state index contributed by atoms with van der Waals surface area (Å²) in [5.74, 6) is 1.06. The Morgan fingerprint density at radius 3 is 2.69 bits per heavy atom. The summed E-state index contributed by atoms with van der Waals surface area (Å²) in [4.78, 5) is 24.6. The van der Waals surface area contributed by atoms with Crippen LogP contribution in [0.5, 0.6) is 11.5 Å². The van der Waals surface area contributed by atoms with E-state index in [2.05, 4.69) is 5.32 Å². The number of amides is 1. The molecule has 0 spiro atoms. The number of ether oxygens (including phenoxy) is 2. The van der Waals surface area contributed by atoms with Gasteiger partial charge in [-0.1, -0.05) is 25.1 Å². The molecule has 1 N–H and O–H groups in total.